The zero-order valence-corrected chi connectivity index (χ0v) is 15.9. The zero-order valence-electron chi connectivity index (χ0n) is 15.9. The number of nitroso groups, excluding NO2 is 1. The summed E-state index contributed by atoms with van der Waals surface area (Å²) in [6.07, 6.45) is 1.90. The Morgan fingerprint density at radius 2 is 2.00 bits per heavy atom. The highest BCUT2D eigenvalue weighted by atomic mass is 16.3. The van der Waals surface area contributed by atoms with Crippen LogP contribution in [-0.4, -0.2) is 27.1 Å². The van der Waals surface area contributed by atoms with E-state index < -0.39 is 0 Å². The van der Waals surface area contributed by atoms with Crippen LogP contribution in [0, 0.1) is 24.2 Å². The number of pyridine rings is 2. The minimum atomic E-state index is 0.0530. The van der Waals surface area contributed by atoms with Crippen molar-refractivity contribution in [1.29, 1.82) is 5.41 Å². The van der Waals surface area contributed by atoms with Crippen LogP contribution in [0.4, 0.5) is 0 Å². The van der Waals surface area contributed by atoms with Crippen LogP contribution in [-0.2, 0) is 6.54 Å². The van der Waals surface area contributed by atoms with Crippen LogP contribution in [0.3, 0.4) is 0 Å². The Morgan fingerprint density at radius 1 is 1.22 bits per heavy atom. The molecule has 0 saturated carbocycles. The molecule has 3 aromatic rings. The van der Waals surface area contributed by atoms with E-state index in [0.29, 0.717) is 11.4 Å². The van der Waals surface area contributed by atoms with Gasteiger partial charge in [0.05, 0.1) is 22.8 Å². The van der Waals surface area contributed by atoms with Gasteiger partial charge < -0.3 is 9.72 Å². The summed E-state index contributed by atoms with van der Waals surface area (Å²) in [5.74, 6) is 0. The first-order chi connectivity index (χ1) is 13.0. The molecule has 0 aliphatic heterocycles. The molecule has 0 atom stereocenters. The van der Waals surface area contributed by atoms with Crippen LogP contribution in [0.15, 0.2) is 47.4 Å². The lowest BCUT2D eigenvalue weighted by atomic mass is 9.98. The number of allylic oxidation sites excluding steroid dienone is 2. The van der Waals surface area contributed by atoms with E-state index in [-0.39, 0.29) is 6.54 Å². The van der Waals surface area contributed by atoms with Crippen molar-refractivity contribution in [3.8, 4) is 0 Å². The predicted molar refractivity (Wildman–Crippen MR) is 107 cm³/mol. The number of hydrogen-bond acceptors (Lipinski definition) is 6. The first kappa shape index (κ1) is 18.4. The van der Waals surface area contributed by atoms with Crippen molar-refractivity contribution in [2.45, 2.75) is 27.3 Å². The summed E-state index contributed by atoms with van der Waals surface area (Å²) in [5.41, 5.74) is 6.51. The van der Waals surface area contributed by atoms with Gasteiger partial charge in [0, 0.05) is 35.8 Å². The third kappa shape index (κ3) is 3.48. The Hall–Kier alpha value is -3.35. The lowest BCUT2D eigenvalue weighted by Gasteiger charge is -2.15. The van der Waals surface area contributed by atoms with Crippen molar-refractivity contribution in [2.24, 2.45) is 5.18 Å². The van der Waals surface area contributed by atoms with E-state index in [4.69, 9.17) is 5.41 Å². The number of imidazole rings is 1. The molecule has 7 nitrogen and oxygen atoms in total. The van der Waals surface area contributed by atoms with Gasteiger partial charge in [-0.1, -0.05) is 11.2 Å². The molecule has 3 heterocycles. The number of hydrogen-bond donors (Lipinski definition) is 2. The number of rotatable bonds is 6. The van der Waals surface area contributed by atoms with Gasteiger partial charge in [0.1, 0.15) is 12.2 Å². The standard InChI is InChI=1S/C20H22N6O/c1-12-6-5-7-16(24-12)20(21)19(14(3)22-4)15-8-9-18-25-13(2)17(10-23-27)26(18)11-15/h5-9,11,21-22H,10H2,1-4H3/b19-14-,21-20?. The van der Waals surface area contributed by atoms with Gasteiger partial charge >= 0.3 is 0 Å². The minimum Gasteiger partial charge on any atom is -0.391 e. The highest BCUT2D eigenvalue weighted by molar-refractivity contribution is 6.30. The van der Waals surface area contributed by atoms with E-state index in [2.05, 4.69) is 20.5 Å². The summed E-state index contributed by atoms with van der Waals surface area (Å²) in [6, 6.07) is 9.45. The van der Waals surface area contributed by atoms with Crippen molar-refractivity contribution in [1.82, 2.24) is 19.7 Å². The quantitative estimate of drug-likeness (QED) is 0.517. The lowest BCUT2D eigenvalue weighted by molar-refractivity contribution is 0.934. The van der Waals surface area contributed by atoms with E-state index in [1.54, 1.807) is 0 Å². The molecule has 7 heteroatoms. The molecule has 3 rings (SSSR count). The zero-order chi connectivity index (χ0) is 19.6. The number of nitrogens with zero attached hydrogens (tertiary/aromatic N) is 4. The predicted octanol–water partition coefficient (Wildman–Crippen LogP) is 3.63. The van der Waals surface area contributed by atoms with Gasteiger partial charge in [0.25, 0.3) is 0 Å². The molecule has 0 aliphatic rings. The first-order valence-corrected chi connectivity index (χ1v) is 8.65. The van der Waals surface area contributed by atoms with Crippen LogP contribution in [0.25, 0.3) is 11.2 Å². The third-order valence-corrected chi connectivity index (χ3v) is 4.57. The SMILES string of the molecule is CN/C(C)=C(\C(=N)c1cccc(C)n1)c1ccc2nc(C)c(CN=O)n2c1. The molecule has 0 unspecified atom stereocenters. The molecule has 0 radical (unpaired) electrons. The fourth-order valence-electron chi connectivity index (χ4n) is 3.09. The largest absolute Gasteiger partial charge is 0.391 e. The molecule has 138 valence electrons. The average molecular weight is 362 g/mol. The maximum atomic E-state index is 10.8. The molecular formula is C20H22N6O. The normalized spacial score (nSPS) is 12.0. The van der Waals surface area contributed by atoms with Gasteiger partial charge in [-0.15, -0.1) is 0 Å². The Bertz CT molecular complexity index is 1060. The second-order valence-electron chi connectivity index (χ2n) is 6.37. The smallest absolute Gasteiger partial charge is 0.137 e. The van der Waals surface area contributed by atoms with Crippen molar-refractivity contribution in [2.75, 3.05) is 7.05 Å². The van der Waals surface area contributed by atoms with Gasteiger partial charge in [-0.3, -0.25) is 10.4 Å². The fraction of sp³-hybridized carbons (Fsp3) is 0.250. The minimum absolute atomic E-state index is 0.0530. The fourth-order valence-corrected chi connectivity index (χ4v) is 3.09. The topological polar surface area (TPSA) is 95.5 Å². The summed E-state index contributed by atoms with van der Waals surface area (Å²) >= 11 is 0. The lowest BCUT2D eigenvalue weighted by Crippen LogP contribution is -2.14. The summed E-state index contributed by atoms with van der Waals surface area (Å²) < 4.78 is 1.87. The average Bonchev–Trinajstić information content (AvgIpc) is 2.97. The van der Waals surface area contributed by atoms with Crippen LogP contribution in [0.5, 0.6) is 0 Å². The van der Waals surface area contributed by atoms with Crippen LogP contribution < -0.4 is 5.32 Å². The second kappa shape index (κ2) is 7.49. The first-order valence-electron chi connectivity index (χ1n) is 8.65. The molecule has 0 bridgehead atoms. The highest BCUT2D eigenvalue weighted by Crippen LogP contribution is 2.24. The van der Waals surface area contributed by atoms with Gasteiger partial charge in [-0.05, 0) is 45.0 Å². The Morgan fingerprint density at radius 3 is 2.67 bits per heavy atom. The maximum Gasteiger partial charge on any atom is 0.137 e. The summed E-state index contributed by atoms with van der Waals surface area (Å²) in [6.45, 7) is 5.75. The van der Waals surface area contributed by atoms with Gasteiger partial charge in [-0.2, -0.15) is 4.91 Å². The Labute approximate surface area is 157 Å². The van der Waals surface area contributed by atoms with E-state index in [0.717, 1.165) is 39.6 Å². The van der Waals surface area contributed by atoms with E-state index in [1.807, 2.05) is 68.7 Å². The summed E-state index contributed by atoms with van der Waals surface area (Å²) in [7, 11) is 1.83. The van der Waals surface area contributed by atoms with Crippen molar-refractivity contribution < 1.29 is 0 Å². The highest BCUT2D eigenvalue weighted by Gasteiger charge is 2.17. The number of aromatic nitrogens is 3. The number of nitrogens with one attached hydrogen (secondary N) is 2. The van der Waals surface area contributed by atoms with E-state index in [9.17, 15) is 4.91 Å². The van der Waals surface area contributed by atoms with Crippen LogP contribution in [0.2, 0.25) is 0 Å². The molecule has 3 aromatic heterocycles. The Balaban J connectivity index is 2.18. The number of aryl methyl sites for hydroxylation is 2. The van der Waals surface area contributed by atoms with E-state index in [1.165, 1.54) is 0 Å². The molecule has 0 saturated heterocycles. The van der Waals surface area contributed by atoms with Gasteiger partial charge in [0.2, 0.25) is 0 Å². The van der Waals surface area contributed by atoms with Crippen LogP contribution in [0.1, 0.15) is 35.3 Å². The van der Waals surface area contributed by atoms with Crippen molar-refractivity contribution in [3.05, 3.63) is 75.5 Å². The monoisotopic (exact) mass is 362 g/mol. The summed E-state index contributed by atoms with van der Waals surface area (Å²) in [5, 5.41) is 14.9. The maximum absolute atomic E-state index is 10.8. The molecule has 0 spiro atoms. The summed E-state index contributed by atoms with van der Waals surface area (Å²) in [4.78, 5) is 19.8. The van der Waals surface area contributed by atoms with Crippen molar-refractivity contribution >= 4 is 16.9 Å². The van der Waals surface area contributed by atoms with Crippen molar-refractivity contribution in [3.63, 3.8) is 0 Å². The second-order valence-corrected chi connectivity index (χ2v) is 6.37. The number of fused-ring (bicyclic) bond motifs is 1. The molecule has 2 N–H and O–H groups in total. The Kier molecular flexibility index (Phi) is 5.12. The van der Waals surface area contributed by atoms with Crippen LogP contribution >= 0.6 is 0 Å². The molecule has 0 aliphatic carbocycles. The molecule has 27 heavy (non-hydrogen) atoms. The molecule has 0 fully saturated rings. The van der Waals surface area contributed by atoms with E-state index >= 15 is 0 Å². The molecule has 0 amide bonds. The third-order valence-electron chi connectivity index (χ3n) is 4.57. The van der Waals surface area contributed by atoms with Gasteiger partial charge in [-0.25, -0.2) is 4.98 Å². The molecule has 0 aromatic carbocycles. The van der Waals surface area contributed by atoms with Gasteiger partial charge in [0.15, 0.2) is 0 Å². The molecular weight excluding hydrogens is 340 g/mol.